The lowest BCUT2D eigenvalue weighted by Gasteiger charge is -2.16. The van der Waals surface area contributed by atoms with Gasteiger partial charge in [-0.2, -0.15) is 0 Å². The maximum atomic E-state index is 5.79. The van der Waals surface area contributed by atoms with Gasteiger partial charge in [0.25, 0.3) is 0 Å². The zero-order valence-corrected chi connectivity index (χ0v) is 7.25. The van der Waals surface area contributed by atoms with E-state index in [2.05, 4.69) is 0 Å². The summed E-state index contributed by atoms with van der Waals surface area (Å²) in [5, 5.41) is 0. The lowest BCUT2D eigenvalue weighted by atomic mass is 9.85. The molecule has 0 saturated heterocycles. The van der Waals surface area contributed by atoms with Crippen LogP contribution in [0.5, 0.6) is 0 Å². The molecule has 0 aromatic carbocycles. The van der Waals surface area contributed by atoms with Crippen LogP contribution in [0.25, 0.3) is 0 Å². The molecule has 0 aromatic heterocycles. The normalized spacial score (nSPS) is 37.8. The van der Waals surface area contributed by atoms with Gasteiger partial charge in [0, 0.05) is 20.1 Å². The van der Waals surface area contributed by atoms with Crippen molar-refractivity contribution in [1.82, 2.24) is 0 Å². The van der Waals surface area contributed by atoms with E-state index in [1.165, 1.54) is 0 Å². The Morgan fingerprint density at radius 2 is 2.09 bits per heavy atom. The molecule has 0 heterocycles. The van der Waals surface area contributed by atoms with Crippen molar-refractivity contribution in [2.45, 2.75) is 24.8 Å². The predicted octanol–water partition coefficient (Wildman–Crippen LogP) is 1.01. The van der Waals surface area contributed by atoms with E-state index in [9.17, 15) is 0 Å². The fourth-order valence-electron chi connectivity index (χ4n) is 1.81. The van der Waals surface area contributed by atoms with Gasteiger partial charge in [0.15, 0.2) is 0 Å². The maximum Gasteiger partial charge on any atom is 0.0700 e. The van der Waals surface area contributed by atoms with Crippen molar-refractivity contribution in [1.29, 1.82) is 0 Å². The molecule has 3 heteroatoms. The van der Waals surface area contributed by atoms with E-state index >= 15 is 0 Å². The first-order valence-electron chi connectivity index (χ1n) is 4.05. The number of hydrogen-bond donors (Lipinski definition) is 0. The number of rotatable bonds is 3. The van der Waals surface area contributed by atoms with Crippen LogP contribution in [0.4, 0.5) is 0 Å². The van der Waals surface area contributed by atoms with Gasteiger partial charge in [-0.1, -0.05) is 12.2 Å². The molecule has 1 fully saturated rings. The monoisotopic (exact) mass is 154 g/mol. The molecular formula is C8H15BO2. The van der Waals surface area contributed by atoms with Crippen molar-refractivity contribution in [3.8, 4) is 0 Å². The highest BCUT2D eigenvalue weighted by Gasteiger charge is 2.31. The molecular weight excluding hydrogens is 139 g/mol. The molecule has 1 rings (SSSR count). The van der Waals surface area contributed by atoms with E-state index in [4.69, 9.17) is 17.3 Å². The van der Waals surface area contributed by atoms with Crippen molar-refractivity contribution in [3.05, 3.63) is 0 Å². The summed E-state index contributed by atoms with van der Waals surface area (Å²) < 4.78 is 10.4. The Morgan fingerprint density at radius 1 is 1.36 bits per heavy atom. The highest BCUT2D eigenvalue weighted by molar-refractivity contribution is 6.11. The largest absolute Gasteiger partial charge is 0.384 e. The topological polar surface area (TPSA) is 18.5 Å². The number of ether oxygens (including phenoxy) is 2. The summed E-state index contributed by atoms with van der Waals surface area (Å²) >= 11 is 0. The fourth-order valence-corrected chi connectivity index (χ4v) is 1.81. The molecule has 1 saturated carbocycles. The quantitative estimate of drug-likeness (QED) is 0.565. The summed E-state index contributed by atoms with van der Waals surface area (Å²) in [4.78, 5) is 0. The van der Waals surface area contributed by atoms with Gasteiger partial charge >= 0.3 is 0 Å². The van der Waals surface area contributed by atoms with Gasteiger partial charge in [0.2, 0.25) is 0 Å². The smallest absolute Gasteiger partial charge is 0.0700 e. The van der Waals surface area contributed by atoms with Crippen molar-refractivity contribution in [2.24, 2.45) is 5.92 Å². The predicted molar refractivity (Wildman–Crippen MR) is 44.9 cm³/mol. The second-order valence-corrected chi connectivity index (χ2v) is 3.22. The lowest BCUT2D eigenvalue weighted by Crippen LogP contribution is -2.20. The number of hydrogen-bond acceptors (Lipinski definition) is 2. The minimum atomic E-state index is 0.306. The van der Waals surface area contributed by atoms with E-state index in [1.54, 1.807) is 14.2 Å². The lowest BCUT2D eigenvalue weighted by molar-refractivity contribution is 0.0332. The molecule has 2 radical (unpaired) electrons. The minimum absolute atomic E-state index is 0.306. The summed E-state index contributed by atoms with van der Waals surface area (Å²) in [6, 6.07) is 0. The van der Waals surface area contributed by atoms with Crippen molar-refractivity contribution in [3.63, 3.8) is 0 Å². The minimum Gasteiger partial charge on any atom is -0.384 e. The molecule has 0 amide bonds. The number of methoxy groups -OCH3 is 2. The highest BCUT2D eigenvalue weighted by atomic mass is 16.5. The Balaban J connectivity index is 2.37. The molecule has 0 spiro atoms. The van der Waals surface area contributed by atoms with Crippen molar-refractivity contribution in [2.75, 3.05) is 20.8 Å². The van der Waals surface area contributed by atoms with Gasteiger partial charge in [0.05, 0.1) is 20.6 Å². The Labute approximate surface area is 69.7 Å². The van der Waals surface area contributed by atoms with Gasteiger partial charge in [-0.15, -0.1) is 0 Å². The standard InChI is InChI=1S/C8H15BO2/c1-10-5-6-3-7(9)4-8(6)11-2/h6-8H,3-5H2,1-2H3/t6-,7-,8-/m1/s1. The van der Waals surface area contributed by atoms with Gasteiger partial charge < -0.3 is 9.47 Å². The van der Waals surface area contributed by atoms with Crippen LogP contribution in [0.15, 0.2) is 0 Å². The molecule has 2 nitrogen and oxygen atoms in total. The second-order valence-electron chi connectivity index (χ2n) is 3.22. The molecule has 0 aliphatic heterocycles. The third kappa shape index (κ3) is 2.21. The Bertz CT molecular complexity index is 119. The van der Waals surface area contributed by atoms with E-state index < -0.39 is 0 Å². The van der Waals surface area contributed by atoms with Crippen molar-refractivity contribution < 1.29 is 9.47 Å². The average Bonchev–Trinajstić information content (AvgIpc) is 2.32. The van der Waals surface area contributed by atoms with Gasteiger partial charge in [-0.05, 0) is 6.42 Å². The van der Waals surface area contributed by atoms with Gasteiger partial charge in [-0.25, -0.2) is 0 Å². The van der Waals surface area contributed by atoms with Crippen molar-refractivity contribution >= 4 is 7.85 Å². The molecule has 1 aliphatic carbocycles. The Hall–Kier alpha value is -0.0151. The van der Waals surface area contributed by atoms with Crippen LogP contribution in [0.3, 0.4) is 0 Å². The average molecular weight is 154 g/mol. The summed E-state index contributed by atoms with van der Waals surface area (Å²) in [6.45, 7) is 0.770. The first-order valence-corrected chi connectivity index (χ1v) is 4.05. The van der Waals surface area contributed by atoms with Crippen LogP contribution in [-0.2, 0) is 9.47 Å². The molecule has 11 heavy (non-hydrogen) atoms. The van der Waals surface area contributed by atoms with Gasteiger partial charge in [0.1, 0.15) is 0 Å². The SMILES string of the molecule is [B][C@@H]1C[C@H](COC)[C@H](OC)C1. The summed E-state index contributed by atoms with van der Waals surface area (Å²) in [6.07, 6.45) is 2.32. The molecule has 62 valence electrons. The Morgan fingerprint density at radius 3 is 2.64 bits per heavy atom. The maximum absolute atomic E-state index is 5.79. The zero-order chi connectivity index (χ0) is 8.27. The van der Waals surface area contributed by atoms with Gasteiger partial charge in [-0.3, -0.25) is 0 Å². The van der Waals surface area contributed by atoms with Crippen LogP contribution >= 0.6 is 0 Å². The van der Waals surface area contributed by atoms with E-state index in [-0.39, 0.29) is 0 Å². The molecule has 0 N–H and O–H groups in total. The third-order valence-electron chi connectivity index (χ3n) is 2.35. The summed E-state index contributed by atoms with van der Waals surface area (Å²) in [5.41, 5.74) is 0. The van der Waals surface area contributed by atoms with Crippen LogP contribution < -0.4 is 0 Å². The van der Waals surface area contributed by atoms with Crippen LogP contribution in [-0.4, -0.2) is 34.8 Å². The second kappa shape index (κ2) is 4.12. The van der Waals surface area contributed by atoms with E-state index in [0.717, 1.165) is 19.4 Å². The first kappa shape index (κ1) is 9.08. The van der Waals surface area contributed by atoms with Crippen LogP contribution in [0.1, 0.15) is 12.8 Å². The fraction of sp³-hybridized carbons (Fsp3) is 1.00. The van der Waals surface area contributed by atoms with Crippen LogP contribution in [0, 0.1) is 5.92 Å². The van der Waals surface area contributed by atoms with E-state index in [1.807, 2.05) is 0 Å². The Kier molecular flexibility index (Phi) is 3.40. The highest BCUT2D eigenvalue weighted by Crippen LogP contribution is 2.34. The van der Waals surface area contributed by atoms with E-state index in [0.29, 0.717) is 17.8 Å². The third-order valence-corrected chi connectivity index (χ3v) is 2.35. The molecule has 3 atom stereocenters. The molecule has 0 unspecified atom stereocenters. The summed E-state index contributed by atoms with van der Waals surface area (Å²) in [5.74, 6) is 0.806. The van der Waals surface area contributed by atoms with Crippen LogP contribution in [0.2, 0.25) is 5.82 Å². The molecule has 0 bridgehead atoms. The zero-order valence-electron chi connectivity index (χ0n) is 7.25. The molecule has 0 aromatic rings. The summed E-state index contributed by atoms with van der Waals surface area (Å²) in [7, 11) is 9.25. The molecule has 1 aliphatic rings. The first-order chi connectivity index (χ1) is 5.27.